The van der Waals surface area contributed by atoms with Gasteiger partial charge in [0.25, 0.3) is 10.1 Å². The van der Waals surface area contributed by atoms with Crippen LogP contribution in [0.25, 0.3) is 0 Å². The molecule has 1 aromatic rings. The molecule has 0 bridgehead atoms. The van der Waals surface area contributed by atoms with E-state index in [2.05, 4.69) is 0 Å². The number of carbonyl (C=O) groups is 1. The first kappa shape index (κ1) is 13.1. The second-order valence-electron chi connectivity index (χ2n) is 2.95. The molecule has 0 fully saturated rings. The van der Waals surface area contributed by atoms with Crippen molar-refractivity contribution in [2.24, 2.45) is 0 Å². The van der Waals surface area contributed by atoms with E-state index in [1.165, 1.54) is 5.38 Å². The Morgan fingerprint density at radius 2 is 2.12 bits per heavy atom. The lowest BCUT2D eigenvalue weighted by Gasteiger charge is -2.03. The maximum atomic E-state index is 11.5. The monoisotopic (exact) mass is 264 g/mol. The van der Waals surface area contributed by atoms with Crippen molar-refractivity contribution in [1.82, 2.24) is 0 Å². The minimum Gasteiger partial charge on any atom is -0.462 e. The van der Waals surface area contributed by atoms with Crippen molar-refractivity contribution >= 4 is 27.4 Å². The Bertz CT molecular complexity index is 486. The van der Waals surface area contributed by atoms with Crippen LogP contribution in [-0.2, 0) is 21.3 Å². The molecular formula is C9H12O5S2. The highest BCUT2D eigenvalue weighted by atomic mass is 32.2. The predicted octanol–water partition coefficient (Wildman–Crippen LogP) is 1.73. The molecule has 5 nitrogen and oxygen atoms in total. The van der Waals surface area contributed by atoms with Gasteiger partial charge in [0, 0.05) is 10.3 Å². The molecule has 16 heavy (non-hydrogen) atoms. The highest BCUT2D eigenvalue weighted by Crippen LogP contribution is 2.28. The van der Waals surface area contributed by atoms with Gasteiger partial charge in [0.05, 0.1) is 12.2 Å². The molecule has 90 valence electrons. The second-order valence-corrected chi connectivity index (χ2v) is 5.27. The maximum absolute atomic E-state index is 11.5. The van der Waals surface area contributed by atoms with Crippen LogP contribution in [0.5, 0.6) is 0 Å². The summed E-state index contributed by atoms with van der Waals surface area (Å²) in [5.74, 6) is -0.730. The van der Waals surface area contributed by atoms with Crippen LogP contribution in [0.1, 0.15) is 29.1 Å². The summed E-state index contributed by atoms with van der Waals surface area (Å²) in [6.45, 7) is 3.52. The molecule has 0 saturated heterocycles. The van der Waals surface area contributed by atoms with Gasteiger partial charge in [-0.25, -0.2) is 4.79 Å². The van der Waals surface area contributed by atoms with Crippen molar-refractivity contribution in [3.05, 3.63) is 15.8 Å². The Balaban J connectivity index is 3.31. The lowest BCUT2D eigenvalue weighted by molar-refractivity contribution is 0.0522. The molecule has 0 aliphatic carbocycles. The zero-order chi connectivity index (χ0) is 12.3. The lowest BCUT2D eigenvalue weighted by Crippen LogP contribution is -2.10. The van der Waals surface area contributed by atoms with Gasteiger partial charge < -0.3 is 4.74 Å². The third kappa shape index (κ3) is 2.60. The zero-order valence-corrected chi connectivity index (χ0v) is 10.5. The number of aryl methyl sites for hydroxylation is 1. The standard InChI is InChI=1S/C9H12O5S2/c1-3-7-8(16(11,12)13)6(5-15-7)9(10)14-4-2/h5H,3-4H2,1-2H3,(H,11,12,13). The first-order valence-electron chi connectivity index (χ1n) is 4.66. The fourth-order valence-electron chi connectivity index (χ4n) is 1.26. The van der Waals surface area contributed by atoms with E-state index in [4.69, 9.17) is 9.29 Å². The topological polar surface area (TPSA) is 80.7 Å². The third-order valence-electron chi connectivity index (χ3n) is 1.89. The molecule has 0 aromatic carbocycles. The van der Waals surface area contributed by atoms with Crippen molar-refractivity contribution in [1.29, 1.82) is 0 Å². The quantitative estimate of drug-likeness (QED) is 0.661. The number of esters is 1. The summed E-state index contributed by atoms with van der Waals surface area (Å²) < 4.78 is 36.1. The number of rotatable bonds is 4. The van der Waals surface area contributed by atoms with Crippen molar-refractivity contribution in [2.75, 3.05) is 6.61 Å². The van der Waals surface area contributed by atoms with Crippen molar-refractivity contribution in [2.45, 2.75) is 25.2 Å². The summed E-state index contributed by atoms with van der Waals surface area (Å²) in [6, 6.07) is 0. The molecule has 7 heteroatoms. The Labute approximate surface area is 97.8 Å². The number of ether oxygens (including phenoxy) is 1. The van der Waals surface area contributed by atoms with E-state index in [9.17, 15) is 13.2 Å². The summed E-state index contributed by atoms with van der Waals surface area (Å²) in [5.41, 5.74) is -0.0915. The molecule has 1 heterocycles. The second kappa shape index (κ2) is 4.94. The van der Waals surface area contributed by atoms with Gasteiger partial charge in [-0.15, -0.1) is 11.3 Å². The van der Waals surface area contributed by atoms with E-state index in [-0.39, 0.29) is 17.1 Å². The van der Waals surface area contributed by atoms with Gasteiger partial charge in [-0.2, -0.15) is 8.42 Å². The van der Waals surface area contributed by atoms with Crippen LogP contribution in [0.2, 0.25) is 0 Å². The van der Waals surface area contributed by atoms with Crippen LogP contribution >= 0.6 is 11.3 Å². The molecule has 1 N–H and O–H groups in total. The van der Waals surface area contributed by atoms with E-state index < -0.39 is 16.1 Å². The SMILES string of the molecule is CCOC(=O)c1csc(CC)c1S(=O)(=O)O. The van der Waals surface area contributed by atoms with E-state index in [1.54, 1.807) is 13.8 Å². The summed E-state index contributed by atoms with van der Waals surface area (Å²) in [5, 5.41) is 1.39. The molecular weight excluding hydrogens is 252 g/mol. The third-order valence-corrected chi connectivity index (χ3v) is 4.13. The molecule has 0 amide bonds. The maximum Gasteiger partial charge on any atom is 0.340 e. The normalized spacial score (nSPS) is 11.4. The summed E-state index contributed by atoms with van der Waals surface area (Å²) in [7, 11) is -4.39. The molecule has 1 rings (SSSR count). The first-order chi connectivity index (χ1) is 7.41. The van der Waals surface area contributed by atoms with E-state index in [0.717, 1.165) is 11.3 Å². The minimum absolute atomic E-state index is 0.0915. The predicted molar refractivity (Wildman–Crippen MR) is 59.5 cm³/mol. The van der Waals surface area contributed by atoms with Crippen LogP contribution < -0.4 is 0 Å². The summed E-state index contributed by atoms with van der Waals surface area (Å²) in [6.07, 6.45) is 0.430. The molecule has 0 aliphatic rings. The van der Waals surface area contributed by atoms with Crippen LogP contribution in [0, 0.1) is 0 Å². The van der Waals surface area contributed by atoms with Gasteiger partial charge in [-0.05, 0) is 13.3 Å². The molecule has 0 saturated carbocycles. The fourth-order valence-corrected chi connectivity index (χ4v) is 3.51. The average Bonchev–Trinajstić information content (AvgIpc) is 2.60. The van der Waals surface area contributed by atoms with Crippen molar-refractivity contribution in [3.8, 4) is 0 Å². The van der Waals surface area contributed by atoms with E-state index >= 15 is 0 Å². The minimum atomic E-state index is -4.39. The largest absolute Gasteiger partial charge is 0.462 e. The number of hydrogen-bond donors (Lipinski definition) is 1. The molecule has 0 unspecified atom stereocenters. The Morgan fingerprint density at radius 3 is 2.56 bits per heavy atom. The smallest absolute Gasteiger partial charge is 0.340 e. The Kier molecular flexibility index (Phi) is 4.06. The summed E-state index contributed by atoms with van der Waals surface area (Å²) in [4.78, 5) is 11.6. The first-order valence-corrected chi connectivity index (χ1v) is 6.98. The average molecular weight is 264 g/mol. The molecule has 0 radical (unpaired) electrons. The summed E-state index contributed by atoms with van der Waals surface area (Å²) >= 11 is 1.12. The molecule has 0 aliphatic heterocycles. The zero-order valence-electron chi connectivity index (χ0n) is 8.89. The van der Waals surface area contributed by atoms with Gasteiger partial charge in [0.2, 0.25) is 0 Å². The highest BCUT2D eigenvalue weighted by Gasteiger charge is 2.26. The van der Waals surface area contributed by atoms with Crippen molar-refractivity contribution in [3.63, 3.8) is 0 Å². The van der Waals surface area contributed by atoms with Gasteiger partial charge in [0.1, 0.15) is 4.90 Å². The molecule has 0 spiro atoms. The Hall–Kier alpha value is -0.920. The van der Waals surface area contributed by atoms with Crippen LogP contribution in [-0.4, -0.2) is 25.5 Å². The number of carbonyl (C=O) groups excluding carboxylic acids is 1. The Morgan fingerprint density at radius 1 is 1.50 bits per heavy atom. The molecule has 0 atom stereocenters. The molecule has 1 aromatic heterocycles. The van der Waals surface area contributed by atoms with Crippen LogP contribution in [0.3, 0.4) is 0 Å². The van der Waals surface area contributed by atoms with E-state index in [0.29, 0.717) is 11.3 Å². The van der Waals surface area contributed by atoms with Crippen LogP contribution in [0.4, 0.5) is 0 Å². The fraction of sp³-hybridized carbons (Fsp3) is 0.444. The highest BCUT2D eigenvalue weighted by molar-refractivity contribution is 7.86. The number of hydrogen-bond acceptors (Lipinski definition) is 5. The van der Waals surface area contributed by atoms with Gasteiger partial charge in [-0.3, -0.25) is 4.55 Å². The van der Waals surface area contributed by atoms with Gasteiger partial charge in [0.15, 0.2) is 0 Å². The lowest BCUT2D eigenvalue weighted by atomic mass is 10.3. The van der Waals surface area contributed by atoms with Crippen molar-refractivity contribution < 1.29 is 22.5 Å². The van der Waals surface area contributed by atoms with Gasteiger partial charge >= 0.3 is 5.97 Å². The van der Waals surface area contributed by atoms with Crippen LogP contribution in [0.15, 0.2) is 10.3 Å². The van der Waals surface area contributed by atoms with E-state index in [1.807, 2.05) is 0 Å². The van der Waals surface area contributed by atoms with Gasteiger partial charge in [-0.1, -0.05) is 6.92 Å². The number of thiophene rings is 1.